The van der Waals surface area contributed by atoms with E-state index in [1.807, 2.05) is 22.6 Å². The van der Waals surface area contributed by atoms with E-state index in [0.717, 1.165) is 21.9 Å². The van der Waals surface area contributed by atoms with Crippen LogP contribution in [-0.4, -0.2) is 22.9 Å². The number of aromatic nitrogens is 1. The van der Waals surface area contributed by atoms with Crippen LogP contribution in [0.5, 0.6) is 11.5 Å². The lowest BCUT2D eigenvalue weighted by Gasteiger charge is -2.19. The Labute approximate surface area is 202 Å². The zero-order valence-electron chi connectivity index (χ0n) is 17.8. The van der Waals surface area contributed by atoms with Crippen molar-refractivity contribution < 1.29 is 18.7 Å². The van der Waals surface area contributed by atoms with Gasteiger partial charge in [0.05, 0.1) is 5.69 Å². The number of nitrogens with two attached hydrogens (primary N) is 1. The Morgan fingerprint density at radius 1 is 1.18 bits per heavy atom. The number of hydrogen-bond donors (Lipinski definition) is 2. The van der Waals surface area contributed by atoms with Gasteiger partial charge in [-0.2, -0.15) is 0 Å². The molecule has 2 amide bonds. The van der Waals surface area contributed by atoms with Crippen LogP contribution in [0, 0.1) is 9.39 Å². The van der Waals surface area contributed by atoms with E-state index < -0.39 is 17.3 Å². The number of benzene rings is 2. The Kier molecular flexibility index (Phi) is 6.11. The Bertz CT molecular complexity index is 1360. The molecule has 0 bridgehead atoms. The minimum Gasteiger partial charge on any atom is -0.456 e. The lowest BCUT2D eigenvalue weighted by molar-refractivity contribution is -0.116. The van der Waals surface area contributed by atoms with Gasteiger partial charge in [-0.25, -0.2) is 4.39 Å². The summed E-state index contributed by atoms with van der Waals surface area (Å²) in [6, 6.07) is 10.8. The van der Waals surface area contributed by atoms with Crippen LogP contribution in [0.25, 0.3) is 0 Å². The summed E-state index contributed by atoms with van der Waals surface area (Å²) in [6.07, 6.45) is 0.657. The molecule has 1 aromatic heterocycles. The first-order valence-corrected chi connectivity index (χ1v) is 11.1. The zero-order valence-corrected chi connectivity index (χ0v) is 20.0. The van der Waals surface area contributed by atoms with Gasteiger partial charge >= 0.3 is 0 Å². The Balaban J connectivity index is 1.76. The monoisotopic (exact) mass is 562 g/mol. The highest BCUT2D eigenvalue weighted by Crippen LogP contribution is 2.35. The van der Waals surface area contributed by atoms with Crippen LogP contribution in [0.15, 0.2) is 47.3 Å². The predicted octanol–water partition coefficient (Wildman–Crippen LogP) is 3.67. The van der Waals surface area contributed by atoms with Gasteiger partial charge in [-0.15, -0.1) is 0 Å². The SMILES string of the molecule is CC(=O)N1CCc2cc(Oc3cc(=O)n(C)c(Nc4ccc(I)cc4F)c3C(N)=O)ccc21. The summed E-state index contributed by atoms with van der Waals surface area (Å²) >= 11 is 1.98. The molecule has 0 saturated carbocycles. The van der Waals surface area contributed by atoms with Crippen molar-refractivity contribution in [1.82, 2.24) is 4.57 Å². The molecule has 3 aromatic rings. The number of carbonyl (C=O) groups is 2. The van der Waals surface area contributed by atoms with Gasteiger partial charge < -0.3 is 20.7 Å². The number of primary amides is 1. The van der Waals surface area contributed by atoms with Crippen LogP contribution in [0.3, 0.4) is 0 Å². The maximum Gasteiger partial charge on any atom is 0.256 e. The summed E-state index contributed by atoms with van der Waals surface area (Å²) in [5.41, 5.74) is 6.84. The first-order chi connectivity index (χ1) is 15.7. The highest BCUT2D eigenvalue weighted by molar-refractivity contribution is 14.1. The molecule has 1 aliphatic rings. The van der Waals surface area contributed by atoms with Gasteiger partial charge in [-0.1, -0.05) is 0 Å². The van der Waals surface area contributed by atoms with Crippen molar-refractivity contribution in [2.45, 2.75) is 13.3 Å². The van der Waals surface area contributed by atoms with Crippen molar-refractivity contribution in [3.8, 4) is 11.5 Å². The quantitative estimate of drug-likeness (QED) is 0.462. The second-order valence-corrected chi connectivity index (χ2v) is 8.80. The molecule has 8 nitrogen and oxygen atoms in total. The van der Waals surface area contributed by atoms with Crippen LogP contribution >= 0.6 is 22.6 Å². The van der Waals surface area contributed by atoms with E-state index in [4.69, 9.17) is 10.5 Å². The highest BCUT2D eigenvalue weighted by Gasteiger charge is 2.24. The Hall–Kier alpha value is -3.41. The number of ether oxygens (including phenoxy) is 1. The third-order valence-corrected chi connectivity index (χ3v) is 6.06. The Morgan fingerprint density at radius 2 is 1.94 bits per heavy atom. The van der Waals surface area contributed by atoms with Crippen LogP contribution in [0.2, 0.25) is 0 Å². The van der Waals surface area contributed by atoms with Gasteiger partial charge in [0.1, 0.15) is 28.7 Å². The summed E-state index contributed by atoms with van der Waals surface area (Å²) in [6.45, 7) is 2.07. The first-order valence-electron chi connectivity index (χ1n) is 10.0. The molecule has 2 aromatic carbocycles. The summed E-state index contributed by atoms with van der Waals surface area (Å²) < 4.78 is 22.2. The summed E-state index contributed by atoms with van der Waals surface area (Å²) in [4.78, 5) is 38.4. The molecule has 170 valence electrons. The molecule has 0 fully saturated rings. The number of carbonyl (C=O) groups excluding carboxylic acids is 2. The predicted molar refractivity (Wildman–Crippen MR) is 131 cm³/mol. The molecule has 0 radical (unpaired) electrons. The van der Waals surface area contributed by atoms with E-state index in [9.17, 15) is 18.8 Å². The number of pyridine rings is 1. The molecule has 4 rings (SSSR count). The second kappa shape index (κ2) is 8.85. The normalized spacial score (nSPS) is 12.4. The first kappa shape index (κ1) is 22.8. The van der Waals surface area contributed by atoms with E-state index in [-0.39, 0.29) is 28.7 Å². The molecule has 2 heterocycles. The summed E-state index contributed by atoms with van der Waals surface area (Å²) in [5, 5.41) is 2.80. The molecule has 0 atom stereocenters. The number of rotatable bonds is 5. The smallest absolute Gasteiger partial charge is 0.256 e. The van der Waals surface area contributed by atoms with Crippen molar-refractivity contribution in [2.75, 3.05) is 16.8 Å². The summed E-state index contributed by atoms with van der Waals surface area (Å²) in [5.74, 6) is -1.12. The van der Waals surface area contributed by atoms with Crippen LogP contribution < -0.4 is 26.2 Å². The van der Waals surface area contributed by atoms with E-state index in [1.165, 1.54) is 26.1 Å². The van der Waals surface area contributed by atoms with Crippen LogP contribution in [0.4, 0.5) is 21.6 Å². The molecular formula is C23H20FIN4O4. The van der Waals surface area contributed by atoms with Gasteiger partial charge in [0.2, 0.25) is 5.91 Å². The fraction of sp³-hybridized carbons (Fsp3) is 0.174. The summed E-state index contributed by atoms with van der Waals surface area (Å²) in [7, 11) is 1.44. The lowest BCUT2D eigenvalue weighted by atomic mass is 10.1. The topological polar surface area (TPSA) is 107 Å². The molecule has 0 spiro atoms. The third kappa shape index (κ3) is 4.42. The van der Waals surface area contributed by atoms with Crippen molar-refractivity contribution in [3.63, 3.8) is 0 Å². The third-order valence-electron chi connectivity index (χ3n) is 5.39. The van der Waals surface area contributed by atoms with Gasteiger partial charge in [0.15, 0.2) is 0 Å². The van der Waals surface area contributed by atoms with E-state index in [2.05, 4.69) is 5.32 Å². The molecule has 1 aliphatic heterocycles. The van der Waals surface area contributed by atoms with Gasteiger partial charge in [-0.05, 0) is 71.0 Å². The lowest BCUT2D eigenvalue weighted by Crippen LogP contribution is -2.25. The van der Waals surface area contributed by atoms with Gasteiger partial charge in [-0.3, -0.25) is 19.0 Å². The van der Waals surface area contributed by atoms with Crippen molar-refractivity contribution in [3.05, 3.63) is 73.3 Å². The van der Waals surface area contributed by atoms with Crippen molar-refractivity contribution in [1.29, 1.82) is 0 Å². The molecule has 10 heteroatoms. The Morgan fingerprint density at radius 3 is 2.61 bits per heavy atom. The standard InChI is InChI=1S/C23H20FIN4O4/c1-12(30)29-8-7-13-9-15(4-6-18(13)29)33-19-11-20(31)28(2)23(21(19)22(26)32)27-17-5-3-14(25)10-16(17)24/h3-6,9-11,27H,7-8H2,1-2H3,(H2,26,32). The minimum atomic E-state index is -0.849. The zero-order chi connectivity index (χ0) is 23.9. The number of anilines is 3. The van der Waals surface area contributed by atoms with Gasteiger partial charge in [0, 0.05) is 35.8 Å². The van der Waals surface area contributed by atoms with Crippen LogP contribution in [0.1, 0.15) is 22.8 Å². The maximum absolute atomic E-state index is 14.4. The number of amides is 2. The fourth-order valence-electron chi connectivity index (χ4n) is 3.75. The maximum atomic E-state index is 14.4. The van der Waals surface area contributed by atoms with E-state index >= 15 is 0 Å². The highest BCUT2D eigenvalue weighted by atomic mass is 127. The molecular weight excluding hydrogens is 542 g/mol. The number of halogens is 2. The number of nitrogens with zero attached hydrogens (tertiary/aromatic N) is 2. The number of nitrogens with one attached hydrogen (secondary N) is 1. The number of fused-ring (bicyclic) bond motifs is 1. The van der Waals surface area contributed by atoms with Crippen molar-refractivity contribution in [2.24, 2.45) is 12.8 Å². The van der Waals surface area contributed by atoms with E-state index in [1.54, 1.807) is 29.2 Å². The average Bonchev–Trinajstić information content (AvgIpc) is 3.16. The molecule has 0 unspecified atom stereocenters. The van der Waals surface area contributed by atoms with Crippen molar-refractivity contribution >= 4 is 51.6 Å². The molecule has 0 aliphatic carbocycles. The average molecular weight is 562 g/mol. The largest absolute Gasteiger partial charge is 0.456 e. The fourth-order valence-corrected chi connectivity index (χ4v) is 4.21. The minimum absolute atomic E-state index is 0.00835. The van der Waals surface area contributed by atoms with Gasteiger partial charge in [0.25, 0.3) is 11.5 Å². The van der Waals surface area contributed by atoms with Crippen LogP contribution in [-0.2, 0) is 18.3 Å². The molecule has 3 N–H and O–H groups in total. The molecule has 0 saturated heterocycles. The molecule has 33 heavy (non-hydrogen) atoms. The number of hydrogen-bond acceptors (Lipinski definition) is 5. The van der Waals surface area contributed by atoms with E-state index in [0.29, 0.717) is 22.3 Å². The second-order valence-electron chi connectivity index (χ2n) is 7.56.